The number of anilines is 2. The van der Waals surface area contributed by atoms with Gasteiger partial charge in [0.2, 0.25) is 0 Å². The number of nitrogens with one attached hydrogen (secondary N) is 3. The first-order valence-corrected chi connectivity index (χ1v) is 26.0. The third kappa shape index (κ3) is 9.93. The number of nitrogens with zero attached hydrogens (tertiary/aromatic N) is 4. The number of aromatic nitrogens is 2. The molecule has 3 aliphatic heterocycles. The third-order valence-electron chi connectivity index (χ3n) is 15.9. The molecule has 4 N–H and O–H groups in total. The Hall–Kier alpha value is -5.42. The van der Waals surface area contributed by atoms with E-state index < -0.39 is 17.3 Å². The Morgan fingerprint density at radius 2 is 1.81 bits per heavy atom. The van der Waals surface area contributed by atoms with Crippen molar-refractivity contribution in [3.63, 3.8) is 0 Å². The van der Waals surface area contributed by atoms with Crippen molar-refractivity contribution in [2.45, 2.75) is 133 Å². The smallest absolute Gasteiger partial charge is 0.265 e. The minimum atomic E-state index is -0.657. The van der Waals surface area contributed by atoms with E-state index in [1.807, 2.05) is 26.0 Å². The van der Waals surface area contributed by atoms with Crippen LogP contribution in [0, 0.1) is 22.1 Å². The normalized spacial score (nSPS) is 23.9. The second-order valence-electron chi connectivity index (χ2n) is 21.0. The maximum absolute atomic E-state index is 15.1. The van der Waals surface area contributed by atoms with Crippen molar-refractivity contribution in [1.82, 2.24) is 19.6 Å². The molecule has 4 fully saturated rings. The van der Waals surface area contributed by atoms with Crippen molar-refractivity contribution in [2.75, 3.05) is 50.2 Å². The number of likely N-dealkylation sites (tertiary alicyclic amines) is 1. The van der Waals surface area contributed by atoms with Crippen molar-refractivity contribution >= 4 is 46.0 Å². The van der Waals surface area contributed by atoms with Gasteiger partial charge in [-0.3, -0.25) is 14.4 Å². The third-order valence-corrected chi connectivity index (χ3v) is 16.7. The summed E-state index contributed by atoms with van der Waals surface area (Å²) in [5.41, 5.74) is 4.77. The summed E-state index contributed by atoms with van der Waals surface area (Å²) in [6, 6.07) is 20.6. The Balaban J connectivity index is 0.867. The molecule has 5 aliphatic rings. The molecular weight excluding hydrogens is 910 g/mol. The zero-order valence-corrected chi connectivity index (χ0v) is 41.7. The standard InChI is InChI=1S/C54H66FN7O7S/c1-32(2)38-9-6-7-10-39(38)45-11-8-20-62(45)36-27-54(28-36)18-21-61(22-19-54)35-12-13-40(46(23-35)69-48-26-41-42(55)29-56-50(41)58-52(48)68-30-33(3)66-5)51(63)60-70-37-24-43(59-65)49-47(25-37)67-31-44(57-49)34-14-16-53(4,64)17-15-34/h6-7,9-10,12-13,23-26,29,32-34,36,44-45,57,64H,8,11,14-22,27-28,30-31H2,1-5H3,(H,56,58)(H,60,63)/t33-,34?,44-,45?,53?/m1/s1. The summed E-state index contributed by atoms with van der Waals surface area (Å²) in [4.78, 5) is 39.7. The van der Waals surface area contributed by atoms with Crippen LogP contribution in [-0.2, 0) is 4.74 Å². The molecular formula is C54H66FN7O7S. The number of aliphatic hydroxyl groups is 1. The molecule has 1 spiro atoms. The van der Waals surface area contributed by atoms with Crippen LogP contribution in [0.2, 0.25) is 0 Å². The minimum Gasteiger partial charge on any atom is -0.489 e. The van der Waals surface area contributed by atoms with Gasteiger partial charge in [-0.2, -0.15) is 4.98 Å². The number of H-pyrrole nitrogens is 1. The maximum atomic E-state index is 15.1. The summed E-state index contributed by atoms with van der Waals surface area (Å²) in [7, 11) is 1.59. The number of rotatable bonds is 15. The van der Waals surface area contributed by atoms with E-state index in [4.69, 9.17) is 18.9 Å². The highest BCUT2D eigenvalue weighted by molar-refractivity contribution is 7.98. The molecule has 0 bridgehead atoms. The number of halogens is 1. The lowest BCUT2D eigenvalue weighted by atomic mass is 9.59. The summed E-state index contributed by atoms with van der Waals surface area (Å²) >= 11 is 1.03. The number of hydrogen-bond donors (Lipinski definition) is 4. The number of aromatic amines is 1. The molecule has 372 valence electrons. The van der Waals surface area contributed by atoms with E-state index >= 15 is 4.39 Å². The van der Waals surface area contributed by atoms with Gasteiger partial charge in [0.25, 0.3) is 11.8 Å². The van der Waals surface area contributed by atoms with E-state index in [1.54, 1.807) is 25.3 Å². The molecule has 0 radical (unpaired) electrons. The van der Waals surface area contributed by atoms with Crippen LogP contribution in [0.1, 0.15) is 125 Å². The Bertz CT molecular complexity index is 2710. The van der Waals surface area contributed by atoms with E-state index in [1.165, 1.54) is 49.1 Å². The Labute approximate surface area is 413 Å². The maximum Gasteiger partial charge on any atom is 0.265 e. The number of piperidine rings is 1. The monoisotopic (exact) mass is 975 g/mol. The lowest BCUT2D eigenvalue weighted by Crippen LogP contribution is -2.54. The van der Waals surface area contributed by atoms with Crippen LogP contribution in [-0.4, -0.2) is 89.6 Å². The molecule has 2 saturated carbocycles. The van der Waals surface area contributed by atoms with Crippen molar-refractivity contribution in [2.24, 2.45) is 16.5 Å². The molecule has 3 atom stereocenters. The van der Waals surface area contributed by atoms with E-state index in [2.05, 4.69) is 73.1 Å². The molecule has 3 aromatic carbocycles. The molecule has 5 heterocycles. The number of benzene rings is 3. The molecule has 2 saturated heterocycles. The summed E-state index contributed by atoms with van der Waals surface area (Å²) in [5.74, 6) is 0.805. The van der Waals surface area contributed by atoms with Crippen molar-refractivity contribution < 1.29 is 33.2 Å². The highest BCUT2D eigenvalue weighted by Crippen LogP contribution is 2.55. The number of fused-ring (bicyclic) bond motifs is 2. The van der Waals surface area contributed by atoms with Gasteiger partial charge in [0.1, 0.15) is 47.6 Å². The van der Waals surface area contributed by atoms with Crippen molar-refractivity contribution in [3.8, 4) is 23.1 Å². The summed E-state index contributed by atoms with van der Waals surface area (Å²) in [5, 5.41) is 17.5. The van der Waals surface area contributed by atoms with Crippen LogP contribution in [0.15, 0.2) is 76.9 Å². The fourth-order valence-corrected chi connectivity index (χ4v) is 12.3. The fourth-order valence-electron chi connectivity index (χ4n) is 11.7. The number of amides is 1. The molecule has 16 heteroatoms. The SMILES string of the molecule is CO[C@H](C)COc1nc2[nH]cc(F)c2cc1Oc1cc(N2CCC3(CC2)CC(N2CCCC2c2ccccc2C(C)C)C3)ccc1C(=O)NSc1cc(N=O)c2c(c1)OC[C@H](C1CCC(C)(O)CC1)N2. The van der Waals surface area contributed by atoms with E-state index in [0.29, 0.717) is 64.8 Å². The predicted octanol–water partition coefficient (Wildman–Crippen LogP) is 11.6. The molecule has 10 rings (SSSR count). The van der Waals surface area contributed by atoms with Gasteiger partial charge in [0, 0.05) is 61.2 Å². The van der Waals surface area contributed by atoms with Gasteiger partial charge in [0.05, 0.1) is 28.7 Å². The molecule has 2 aromatic heterocycles. The van der Waals surface area contributed by atoms with Crippen LogP contribution in [0.5, 0.6) is 23.1 Å². The lowest BCUT2D eigenvalue weighted by molar-refractivity contribution is -0.0227. The fraction of sp³-hybridized carbons (Fsp3) is 0.519. The van der Waals surface area contributed by atoms with Crippen LogP contribution in [0.25, 0.3) is 11.0 Å². The van der Waals surface area contributed by atoms with E-state index in [9.17, 15) is 14.8 Å². The van der Waals surface area contributed by atoms with Crippen molar-refractivity contribution in [1.29, 1.82) is 0 Å². The second-order valence-corrected chi connectivity index (χ2v) is 21.9. The quantitative estimate of drug-likeness (QED) is 0.0581. The number of carbonyl (C=O) groups excluding carboxylic acids is 1. The number of methoxy groups -OCH3 is 1. The van der Waals surface area contributed by atoms with Crippen LogP contribution >= 0.6 is 11.9 Å². The molecule has 1 amide bonds. The highest BCUT2D eigenvalue weighted by Gasteiger charge is 2.50. The summed E-state index contributed by atoms with van der Waals surface area (Å²) in [6.45, 7) is 11.8. The Morgan fingerprint density at radius 3 is 2.57 bits per heavy atom. The zero-order valence-electron chi connectivity index (χ0n) is 40.9. The van der Waals surface area contributed by atoms with Gasteiger partial charge >= 0.3 is 0 Å². The van der Waals surface area contributed by atoms with Crippen LogP contribution < -0.4 is 29.1 Å². The topological polar surface area (TPSA) is 163 Å². The first-order chi connectivity index (χ1) is 33.8. The average molecular weight is 976 g/mol. The van der Waals surface area contributed by atoms with Gasteiger partial charge in [-0.25, -0.2) is 4.39 Å². The summed E-state index contributed by atoms with van der Waals surface area (Å²) < 4.78 is 42.4. The van der Waals surface area contributed by atoms with Gasteiger partial charge < -0.3 is 39.3 Å². The second kappa shape index (κ2) is 20.0. The van der Waals surface area contributed by atoms with Crippen LogP contribution in [0.3, 0.4) is 0 Å². The summed E-state index contributed by atoms with van der Waals surface area (Å²) in [6.07, 6.45) is 11.1. The van der Waals surface area contributed by atoms with Gasteiger partial charge in [-0.1, -0.05) is 38.1 Å². The number of hydrogen-bond acceptors (Lipinski definition) is 13. The highest BCUT2D eigenvalue weighted by atomic mass is 32.2. The number of nitroso groups, excluding NO2 is 1. The van der Waals surface area contributed by atoms with Gasteiger partial charge in [-0.05, 0) is 154 Å². The molecule has 5 aromatic rings. The number of carbonyl (C=O) groups is 1. The molecule has 2 aliphatic carbocycles. The Kier molecular flexibility index (Phi) is 13.8. The largest absolute Gasteiger partial charge is 0.489 e. The molecule has 14 nitrogen and oxygen atoms in total. The minimum absolute atomic E-state index is 0.0225. The van der Waals surface area contributed by atoms with Crippen molar-refractivity contribution in [3.05, 3.63) is 94.3 Å². The Morgan fingerprint density at radius 1 is 1.03 bits per heavy atom. The van der Waals surface area contributed by atoms with E-state index in [-0.39, 0.29) is 58.7 Å². The molecule has 70 heavy (non-hydrogen) atoms. The van der Waals surface area contributed by atoms with E-state index in [0.717, 1.165) is 63.0 Å². The number of pyridine rings is 1. The van der Waals surface area contributed by atoms with Gasteiger partial charge in [0.15, 0.2) is 5.75 Å². The average Bonchev–Trinajstić information content (AvgIpc) is 3.99. The predicted molar refractivity (Wildman–Crippen MR) is 271 cm³/mol. The van der Waals surface area contributed by atoms with Gasteiger partial charge in [-0.15, -0.1) is 4.91 Å². The first kappa shape index (κ1) is 48.2. The van der Waals surface area contributed by atoms with Crippen LogP contribution in [0.4, 0.5) is 21.5 Å². The molecule has 1 unspecified atom stereocenters. The lowest BCUT2D eigenvalue weighted by Gasteiger charge is -2.56. The first-order valence-electron chi connectivity index (χ1n) is 25.1. The zero-order chi connectivity index (χ0) is 48.7. The number of ether oxygens (including phenoxy) is 4.